The lowest BCUT2D eigenvalue weighted by atomic mass is 10.1. The number of fused-ring (bicyclic) bond motifs is 1. The number of nitrogens with one attached hydrogen (secondary N) is 1. The van der Waals surface area contributed by atoms with Crippen LogP contribution in [0.3, 0.4) is 0 Å². The van der Waals surface area contributed by atoms with Gasteiger partial charge in [0.25, 0.3) is 11.8 Å². The Hall–Kier alpha value is -3.71. The van der Waals surface area contributed by atoms with Gasteiger partial charge in [-0.3, -0.25) is 9.59 Å². The van der Waals surface area contributed by atoms with Crippen LogP contribution in [0, 0.1) is 0 Å². The molecule has 2 amide bonds. The zero-order valence-electron chi connectivity index (χ0n) is 18.4. The number of anilines is 2. The zero-order chi connectivity index (χ0) is 23.5. The van der Waals surface area contributed by atoms with Crippen LogP contribution in [0.25, 0.3) is 0 Å². The summed E-state index contributed by atoms with van der Waals surface area (Å²) in [5.74, 6) is 1.07. The minimum Gasteiger partial charge on any atom is -0.493 e. The van der Waals surface area contributed by atoms with Crippen LogP contribution in [0.4, 0.5) is 11.4 Å². The van der Waals surface area contributed by atoms with Gasteiger partial charge in [-0.2, -0.15) is 0 Å². The molecule has 0 saturated carbocycles. The zero-order valence-corrected chi connectivity index (χ0v) is 19.2. The number of carbonyl (C=O) groups excluding carboxylic acids is 2. The quantitative estimate of drug-likeness (QED) is 0.557. The summed E-state index contributed by atoms with van der Waals surface area (Å²) < 4.78 is 16.3. The van der Waals surface area contributed by atoms with Gasteiger partial charge >= 0.3 is 0 Å². The van der Waals surface area contributed by atoms with Gasteiger partial charge in [-0.25, -0.2) is 0 Å². The fourth-order valence-electron chi connectivity index (χ4n) is 3.60. The molecule has 1 aliphatic heterocycles. The molecule has 33 heavy (non-hydrogen) atoms. The Bertz CT molecular complexity index is 1200. The highest BCUT2D eigenvalue weighted by molar-refractivity contribution is 6.30. The SMILES string of the molecule is COc1ccc(C(=O)Nc2ccc3c(c2)N(Cc2ccc(Cl)cc2)C(=O)C(C)O3)cc1OC. The minimum atomic E-state index is -0.614. The van der Waals surface area contributed by atoms with Gasteiger partial charge in [0, 0.05) is 16.3 Å². The first-order chi connectivity index (χ1) is 15.9. The molecular formula is C25H23ClN2O5. The highest BCUT2D eigenvalue weighted by Gasteiger charge is 2.32. The van der Waals surface area contributed by atoms with Crippen LogP contribution in [-0.4, -0.2) is 32.1 Å². The Balaban J connectivity index is 1.61. The lowest BCUT2D eigenvalue weighted by Crippen LogP contribution is -2.44. The monoisotopic (exact) mass is 466 g/mol. The van der Waals surface area contributed by atoms with Crippen molar-refractivity contribution < 1.29 is 23.8 Å². The van der Waals surface area contributed by atoms with Crippen molar-refractivity contribution in [2.45, 2.75) is 19.6 Å². The molecule has 1 N–H and O–H groups in total. The van der Waals surface area contributed by atoms with E-state index in [1.807, 2.05) is 12.1 Å². The third-order valence-corrected chi connectivity index (χ3v) is 5.58. The summed E-state index contributed by atoms with van der Waals surface area (Å²) in [6.07, 6.45) is -0.614. The maximum absolute atomic E-state index is 12.9. The highest BCUT2D eigenvalue weighted by Crippen LogP contribution is 2.37. The maximum Gasteiger partial charge on any atom is 0.268 e. The van der Waals surface area contributed by atoms with E-state index < -0.39 is 6.10 Å². The van der Waals surface area contributed by atoms with Crippen LogP contribution in [-0.2, 0) is 11.3 Å². The molecule has 1 aliphatic rings. The lowest BCUT2D eigenvalue weighted by Gasteiger charge is -2.33. The second-order valence-electron chi connectivity index (χ2n) is 7.52. The standard InChI is InChI=1S/C25H23ClN2O5/c1-15-25(30)28(14-16-4-7-18(26)8-5-16)20-13-19(9-11-21(20)33-15)27-24(29)17-6-10-22(31-2)23(12-17)32-3/h4-13,15H,14H2,1-3H3,(H,27,29). The molecule has 1 heterocycles. The molecule has 8 heteroatoms. The number of amides is 2. The molecule has 3 aromatic carbocycles. The molecular weight excluding hydrogens is 444 g/mol. The van der Waals surface area contributed by atoms with Gasteiger partial charge in [-0.05, 0) is 61.0 Å². The largest absolute Gasteiger partial charge is 0.493 e. The lowest BCUT2D eigenvalue weighted by molar-refractivity contribution is -0.125. The highest BCUT2D eigenvalue weighted by atomic mass is 35.5. The van der Waals surface area contributed by atoms with Crippen LogP contribution in [0.15, 0.2) is 60.7 Å². The van der Waals surface area contributed by atoms with Gasteiger partial charge in [0.05, 0.1) is 26.5 Å². The fourth-order valence-corrected chi connectivity index (χ4v) is 3.73. The third kappa shape index (κ3) is 4.73. The van der Waals surface area contributed by atoms with Crippen LogP contribution in [0.5, 0.6) is 17.2 Å². The molecule has 3 aromatic rings. The Morgan fingerprint density at radius 2 is 1.76 bits per heavy atom. The summed E-state index contributed by atoms with van der Waals surface area (Å²) in [4.78, 5) is 27.4. The summed E-state index contributed by atoms with van der Waals surface area (Å²) >= 11 is 5.99. The predicted molar refractivity (Wildman–Crippen MR) is 127 cm³/mol. The number of halogens is 1. The van der Waals surface area contributed by atoms with Gasteiger partial charge in [-0.1, -0.05) is 23.7 Å². The number of hydrogen-bond acceptors (Lipinski definition) is 5. The van der Waals surface area contributed by atoms with Crippen molar-refractivity contribution in [1.29, 1.82) is 0 Å². The van der Waals surface area contributed by atoms with Crippen molar-refractivity contribution >= 4 is 34.8 Å². The molecule has 0 aliphatic carbocycles. The summed E-state index contributed by atoms with van der Waals surface area (Å²) in [7, 11) is 3.04. The van der Waals surface area contributed by atoms with E-state index in [1.54, 1.807) is 60.4 Å². The maximum atomic E-state index is 12.9. The second-order valence-corrected chi connectivity index (χ2v) is 7.95. The number of nitrogens with zero attached hydrogens (tertiary/aromatic N) is 1. The number of methoxy groups -OCH3 is 2. The van der Waals surface area contributed by atoms with E-state index in [-0.39, 0.29) is 11.8 Å². The van der Waals surface area contributed by atoms with E-state index in [2.05, 4.69) is 5.32 Å². The first-order valence-electron chi connectivity index (χ1n) is 10.3. The first-order valence-corrected chi connectivity index (χ1v) is 10.7. The van der Waals surface area contributed by atoms with Crippen molar-refractivity contribution in [2.24, 2.45) is 0 Å². The molecule has 0 saturated heterocycles. The number of hydrogen-bond donors (Lipinski definition) is 1. The molecule has 7 nitrogen and oxygen atoms in total. The average Bonchev–Trinajstić information content (AvgIpc) is 2.83. The predicted octanol–water partition coefficient (Wildman–Crippen LogP) is 4.92. The van der Waals surface area contributed by atoms with Crippen LogP contribution >= 0.6 is 11.6 Å². The molecule has 0 bridgehead atoms. The van der Waals surface area contributed by atoms with Crippen molar-refractivity contribution in [3.63, 3.8) is 0 Å². The molecule has 0 fully saturated rings. The molecule has 0 aromatic heterocycles. The van der Waals surface area contributed by atoms with Crippen molar-refractivity contribution in [1.82, 2.24) is 0 Å². The number of rotatable bonds is 6. The Kier molecular flexibility index (Phi) is 6.42. The van der Waals surface area contributed by atoms with E-state index in [9.17, 15) is 9.59 Å². The van der Waals surface area contributed by atoms with Gasteiger partial charge in [0.1, 0.15) is 5.75 Å². The minimum absolute atomic E-state index is 0.166. The molecule has 4 rings (SSSR count). The molecule has 1 atom stereocenters. The van der Waals surface area contributed by atoms with Gasteiger partial charge in [0.2, 0.25) is 0 Å². The molecule has 1 unspecified atom stereocenters. The Morgan fingerprint density at radius 3 is 2.45 bits per heavy atom. The first kappa shape index (κ1) is 22.5. The average molecular weight is 467 g/mol. The van der Waals surface area contributed by atoms with E-state index in [4.69, 9.17) is 25.8 Å². The molecule has 0 spiro atoms. The Morgan fingerprint density at radius 1 is 1.03 bits per heavy atom. The molecule has 170 valence electrons. The number of carbonyl (C=O) groups is 2. The summed E-state index contributed by atoms with van der Waals surface area (Å²) in [5, 5.41) is 3.49. The summed E-state index contributed by atoms with van der Waals surface area (Å²) in [6.45, 7) is 2.07. The van der Waals surface area contributed by atoms with E-state index in [0.717, 1.165) is 5.56 Å². The van der Waals surface area contributed by atoms with Crippen LogP contribution < -0.4 is 24.4 Å². The van der Waals surface area contributed by atoms with Gasteiger partial charge in [-0.15, -0.1) is 0 Å². The van der Waals surface area contributed by atoms with Crippen molar-refractivity contribution in [2.75, 3.05) is 24.4 Å². The van der Waals surface area contributed by atoms with E-state index in [1.165, 1.54) is 14.2 Å². The number of benzene rings is 3. The van der Waals surface area contributed by atoms with Crippen LogP contribution in [0.2, 0.25) is 5.02 Å². The summed E-state index contributed by atoms with van der Waals surface area (Å²) in [5.41, 5.74) is 2.44. The second kappa shape index (κ2) is 9.42. The van der Waals surface area contributed by atoms with Crippen molar-refractivity contribution in [3.8, 4) is 17.2 Å². The molecule has 0 radical (unpaired) electrons. The smallest absolute Gasteiger partial charge is 0.268 e. The van der Waals surface area contributed by atoms with E-state index in [0.29, 0.717) is 45.8 Å². The Labute approximate surface area is 196 Å². The normalized spacial score (nSPS) is 14.8. The third-order valence-electron chi connectivity index (χ3n) is 5.32. The topological polar surface area (TPSA) is 77.1 Å². The summed E-state index contributed by atoms with van der Waals surface area (Å²) in [6, 6.07) is 17.5. The fraction of sp³-hybridized carbons (Fsp3) is 0.200. The van der Waals surface area contributed by atoms with Gasteiger partial charge in [0.15, 0.2) is 17.6 Å². The van der Waals surface area contributed by atoms with Gasteiger partial charge < -0.3 is 24.4 Å². The van der Waals surface area contributed by atoms with E-state index >= 15 is 0 Å². The number of ether oxygens (including phenoxy) is 3. The van der Waals surface area contributed by atoms with Crippen LogP contribution in [0.1, 0.15) is 22.8 Å². The van der Waals surface area contributed by atoms with Crippen molar-refractivity contribution in [3.05, 3.63) is 76.8 Å².